The lowest BCUT2D eigenvalue weighted by Gasteiger charge is -2.07. The molecule has 1 N–H and O–H groups in total. The summed E-state index contributed by atoms with van der Waals surface area (Å²) in [5.41, 5.74) is 2.77. The van der Waals surface area contributed by atoms with Crippen LogP contribution < -0.4 is 10.9 Å². The molecule has 2 aromatic carbocycles. The van der Waals surface area contributed by atoms with Crippen LogP contribution in [0.3, 0.4) is 0 Å². The summed E-state index contributed by atoms with van der Waals surface area (Å²) in [7, 11) is 1.77. The number of carbonyl (C=O) groups excluding carboxylic acids is 1. The summed E-state index contributed by atoms with van der Waals surface area (Å²) in [5, 5.41) is 2.69. The fraction of sp³-hybridized carbons (Fsp3) is 0.100. The molecule has 4 aromatic rings. The Bertz CT molecular complexity index is 1210. The highest BCUT2D eigenvalue weighted by Crippen LogP contribution is 2.15. The van der Waals surface area contributed by atoms with Gasteiger partial charge in [-0.3, -0.25) is 19.3 Å². The highest BCUT2D eigenvalue weighted by molar-refractivity contribution is 6.03. The van der Waals surface area contributed by atoms with E-state index in [0.717, 1.165) is 5.69 Å². The van der Waals surface area contributed by atoms with Crippen molar-refractivity contribution in [2.45, 2.75) is 6.92 Å². The molecule has 0 saturated carbocycles. The van der Waals surface area contributed by atoms with Gasteiger partial charge in [-0.2, -0.15) is 0 Å². The summed E-state index contributed by atoms with van der Waals surface area (Å²) in [4.78, 5) is 34.1. The first kappa shape index (κ1) is 16.7. The van der Waals surface area contributed by atoms with E-state index in [1.807, 2.05) is 48.5 Å². The number of benzene rings is 2. The van der Waals surface area contributed by atoms with Gasteiger partial charge in [-0.05, 0) is 31.2 Å². The molecule has 0 aliphatic carbocycles. The molecule has 0 unspecified atom stereocenters. The molecular weight excluding hydrogens is 342 g/mol. The molecule has 0 aliphatic rings. The smallest absolute Gasteiger partial charge is 0.295 e. The topological polar surface area (TPSA) is 81.8 Å². The van der Waals surface area contributed by atoms with Gasteiger partial charge in [-0.1, -0.05) is 30.3 Å². The monoisotopic (exact) mass is 359 g/mol. The number of anilines is 1. The lowest BCUT2D eigenvalue weighted by molar-refractivity contribution is 0.102. The lowest BCUT2D eigenvalue weighted by atomic mass is 10.3. The Morgan fingerprint density at radius 2 is 1.67 bits per heavy atom. The predicted molar refractivity (Wildman–Crippen MR) is 103 cm³/mol. The Kier molecular flexibility index (Phi) is 4.04. The fourth-order valence-electron chi connectivity index (χ4n) is 2.96. The van der Waals surface area contributed by atoms with Gasteiger partial charge in [0.2, 0.25) is 0 Å². The number of amides is 1. The van der Waals surface area contributed by atoms with E-state index in [1.54, 1.807) is 24.7 Å². The minimum Gasteiger partial charge on any atom is -0.314 e. The van der Waals surface area contributed by atoms with E-state index < -0.39 is 5.91 Å². The maximum Gasteiger partial charge on any atom is 0.295 e. The quantitative estimate of drug-likeness (QED) is 0.610. The zero-order valence-electron chi connectivity index (χ0n) is 14.9. The largest absolute Gasteiger partial charge is 0.314 e. The third-order valence-electron chi connectivity index (χ3n) is 4.47. The van der Waals surface area contributed by atoms with E-state index in [0.29, 0.717) is 16.7 Å². The van der Waals surface area contributed by atoms with Crippen LogP contribution >= 0.6 is 0 Å². The molecular formula is C20H17N5O2. The number of hydrogen-bond donors (Lipinski definition) is 1. The van der Waals surface area contributed by atoms with Crippen molar-refractivity contribution in [3.8, 4) is 5.69 Å². The summed E-state index contributed by atoms with van der Waals surface area (Å²) in [6.45, 7) is 1.78. The third-order valence-corrected chi connectivity index (χ3v) is 4.47. The van der Waals surface area contributed by atoms with Crippen molar-refractivity contribution >= 4 is 22.6 Å². The number of rotatable bonds is 3. The number of hydrogen-bond acceptors (Lipinski definition) is 4. The summed E-state index contributed by atoms with van der Waals surface area (Å²) in [6.07, 6.45) is 1.41. The van der Waals surface area contributed by atoms with Crippen LogP contribution in [0.5, 0.6) is 0 Å². The first-order chi connectivity index (χ1) is 13.1. The van der Waals surface area contributed by atoms with Gasteiger partial charge in [0.1, 0.15) is 11.4 Å². The molecule has 0 spiro atoms. The van der Waals surface area contributed by atoms with Crippen molar-refractivity contribution in [2.24, 2.45) is 7.05 Å². The van der Waals surface area contributed by atoms with E-state index >= 15 is 0 Å². The summed E-state index contributed by atoms with van der Waals surface area (Å²) < 4.78 is 3.22. The first-order valence-electron chi connectivity index (χ1n) is 8.43. The van der Waals surface area contributed by atoms with E-state index in [1.165, 1.54) is 10.9 Å². The molecule has 7 nitrogen and oxygen atoms in total. The standard InChI is InChI=1S/C20H17N5O2/c1-13-18(20(27)25(24(13)2)14-8-4-3-5-9-14)23-19(26)17-12-21-15-10-6-7-11-16(15)22-17/h3-12H,1-2H3,(H,23,26). The molecule has 0 saturated heterocycles. The third kappa shape index (κ3) is 2.89. The molecule has 0 atom stereocenters. The van der Waals surface area contributed by atoms with Crippen molar-refractivity contribution in [1.82, 2.24) is 19.3 Å². The van der Waals surface area contributed by atoms with Gasteiger partial charge in [0.15, 0.2) is 0 Å². The maximum atomic E-state index is 12.9. The normalized spacial score (nSPS) is 10.9. The second-order valence-electron chi connectivity index (χ2n) is 6.13. The van der Waals surface area contributed by atoms with Crippen LogP contribution in [0.1, 0.15) is 16.2 Å². The van der Waals surface area contributed by atoms with Gasteiger partial charge in [0.05, 0.1) is 28.6 Å². The molecule has 134 valence electrons. The molecule has 0 aliphatic heterocycles. The maximum absolute atomic E-state index is 12.9. The minimum atomic E-state index is -0.473. The first-order valence-corrected chi connectivity index (χ1v) is 8.43. The molecule has 2 heterocycles. The molecule has 1 amide bonds. The zero-order chi connectivity index (χ0) is 19.0. The summed E-state index contributed by atoms with van der Waals surface area (Å²) in [5.74, 6) is -0.473. The zero-order valence-corrected chi connectivity index (χ0v) is 14.9. The highest BCUT2D eigenvalue weighted by Gasteiger charge is 2.19. The number of nitrogens with one attached hydrogen (secondary N) is 1. The average molecular weight is 359 g/mol. The molecule has 0 fully saturated rings. The van der Waals surface area contributed by atoms with Crippen LogP contribution in [0.25, 0.3) is 16.7 Å². The van der Waals surface area contributed by atoms with Crippen molar-refractivity contribution in [3.63, 3.8) is 0 Å². The van der Waals surface area contributed by atoms with Crippen LogP contribution in [0.4, 0.5) is 5.69 Å². The Morgan fingerprint density at radius 3 is 2.41 bits per heavy atom. The minimum absolute atomic E-state index is 0.155. The van der Waals surface area contributed by atoms with E-state index in [2.05, 4.69) is 15.3 Å². The Balaban J connectivity index is 1.72. The van der Waals surface area contributed by atoms with Gasteiger partial charge in [0.25, 0.3) is 11.5 Å². The molecule has 4 rings (SSSR count). The van der Waals surface area contributed by atoms with Gasteiger partial charge >= 0.3 is 0 Å². The van der Waals surface area contributed by atoms with Crippen LogP contribution in [0, 0.1) is 6.92 Å². The molecule has 27 heavy (non-hydrogen) atoms. The van der Waals surface area contributed by atoms with E-state index in [-0.39, 0.29) is 16.9 Å². The number of nitrogens with zero attached hydrogens (tertiary/aromatic N) is 4. The van der Waals surface area contributed by atoms with Crippen LogP contribution in [-0.4, -0.2) is 25.2 Å². The van der Waals surface area contributed by atoms with Gasteiger partial charge in [-0.15, -0.1) is 0 Å². The summed E-state index contributed by atoms with van der Waals surface area (Å²) in [6, 6.07) is 16.6. The van der Waals surface area contributed by atoms with Crippen LogP contribution in [0.2, 0.25) is 0 Å². The molecule has 0 bridgehead atoms. The highest BCUT2D eigenvalue weighted by atomic mass is 16.2. The number of carbonyl (C=O) groups is 1. The molecule has 7 heteroatoms. The number of fused-ring (bicyclic) bond motifs is 1. The second-order valence-corrected chi connectivity index (χ2v) is 6.13. The van der Waals surface area contributed by atoms with Crippen molar-refractivity contribution in [2.75, 3.05) is 5.32 Å². The van der Waals surface area contributed by atoms with E-state index in [9.17, 15) is 9.59 Å². The van der Waals surface area contributed by atoms with Crippen molar-refractivity contribution < 1.29 is 4.79 Å². The fourth-order valence-corrected chi connectivity index (χ4v) is 2.96. The van der Waals surface area contributed by atoms with Gasteiger partial charge < -0.3 is 5.32 Å². The Labute approximate surface area is 154 Å². The van der Waals surface area contributed by atoms with Crippen LogP contribution in [-0.2, 0) is 7.05 Å². The second kappa shape index (κ2) is 6.53. The Hall–Kier alpha value is -3.74. The molecule has 0 radical (unpaired) electrons. The van der Waals surface area contributed by atoms with Gasteiger partial charge in [0, 0.05) is 7.05 Å². The average Bonchev–Trinajstić information content (AvgIpc) is 2.91. The predicted octanol–water partition coefficient (Wildman–Crippen LogP) is 2.68. The van der Waals surface area contributed by atoms with Crippen LogP contribution in [0.15, 0.2) is 65.6 Å². The Morgan fingerprint density at radius 1 is 1.00 bits per heavy atom. The van der Waals surface area contributed by atoms with Crippen molar-refractivity contribution in [3.05, 3.63) is 82.5 Å². The number of para-hydroxylation sites is 3. The SMILES string of the molecule is Cc1c(NC(=O)c2cnc3ccccc3n2)c(=O)n(-c2ccccc2)n1C. The van der Waals surface area contributed by atoms with Crippen molar-refractivity contribution in [1.29, 1.82) is 0 Å². The van der Waals surface area contributed by atoms with E-state index in [4.69, 9.17) is 0 Å². The molecule has 2 aromatic heterocycles. The number of aromatic nitrogens is 4. The van der Waals surface area contributed by atoms with Gasteiger partial charge in [-0.25, -0.2) is 9.67 Å². The summed E-state index contributed by atoms with van der Waals surface area (Å²) >= 11 is 0. The lowest BCUT2D eigenvalue weighted by Crippen LogP contribution is -2.23.